The fourth-order valence-corrected chi connectivity index (χ4v) is 3.06. The zero-order chi connectivity index (χ0) is 18.0. The van der Waals surface area contributed by atoms with Gasteiger partial charge < -0.3 is 14.9 Å². The Hall–Kier alpha value is -2.68. The zero-order valence-electron chi connectivity index (χ0n) is 14.6. The third kappa shape index (κ3) is 3.71. The number of aryl methyl sites for hydroxylation is 1. The number of urea groups is 1. The van der Waals surface area contributed by atoms with Crippen LogP contribution in [0.25, 0.3) is 0 Å². The first-order valence-corrected chi connectivity index (χ1v) is 8.13. The van der Waals surface area contributed by atoms with Gasteiger partial charge in [0.25, 0.3) is 0 Å². The molecule has 9 nitrogen and oxygen atoms in total. The molecule has 0 unspecified atom stereocenters. The molecule has 3 heterocycles. The van der Waals surface area contributed by atoms with Crippen molar-refractivity contribution in [2.75, 3.05) is 44.0 Å². The smallest absolute Gasteiger partial charge is 0.324 e. The van der Waals surface area contributed by atoms with E-state index in [1.54, 1.807) is 28.0 Å². The van der Waals surface area contributed by atoms with E-state index in [0.29, 0.717) is 18.9 Å². The molecule has 0 aromatic carbocycles. The minimum Gasteiger partial charge on any atom is -0.396 e. The summed E-state index contributed by atoms with van der Waals surface area (Å²) < 4.78 is 1.73. The van der Waals surface area contributed by atoms with Gasteiger partial charge in [-0.1, -0.05) is 0 Å². The summed E-state index contributed by atoms with van der Waals surface area (Å²) in [6.45, 7) is 1.03. The molecule has 0 spiro atoms. The number of aromatic nitrogens is 4. The summed E-state index contributed by atoms with van der Waals surface area (Å²) in [5, 5.41) is 16.6. The summed E-state index contributed by atoms with van der Waals surface area (Å²) in [6, 6.07) is 1.51. The van der Waals surface area contributed by atoms with E-state index in [4.69, 9.17) is 0 Å². The van der Waals surface area contributed by atoms with Crippen molar-refractivity contribution in [1.29, 1.82) is 0 Å². The minimum atomic E-state index is -0.263. The van der Waals surface area contributed by atoms with Crippen molar-refractivity contribution in [2.45, 2.75) is 5.92 Å². The highest BCUT2D eigenvalue weighted by Gasteiger charge is 2.36. The first kappa shape index (κ1) is 17.2. The largest absolute Gasteiger partial charge is 0.396 e. The fourth-order valence-electron chi connectivity index (χ4n) is 3.06. The van der Waals surface area contributed by atoms with E-state index in [1.807, 2.05) is 32.2 Å². The number of likely N-dealkylation sites (tertiary alicyclic amines) is 1. The molecule has 1 saturated heterocycles. The third-order valence-electron chi connectivity index (χ3n) is 4.43. The van der Waals surface area contributed by atoms with Crippen LogP contribution in [0.15, 0.2) is 24.7 Å². The van der Waals surface area contributed by atoms with E-state index in [2.05, 4.69) is 20.4 Å². The molecule has 1 aliphatic rings. The van der Waals surface area contributed by atoms with Gasteiger partial charge in [-0.2, -0.15) is 10.1 Å². The second-order valence-electron chi connectivity index (χ2n) is 6.46. The molecule has 0 saturated carbocycles. The van der Waals surface area contributed by atoms with Crippen molar-refractivity contribution in [3.63, 3.8) is 0 Å². The first-order valence-electron chi connectivity index (χ1n) is 8.13. The molecule has 0 bridgehead atoms. The third-order valence-corrected chi connectivity index (χ3v) is 4.43. The molecule has 134 valence electrons. The highest BCUT2D eigenvalue weighted by molar-refractivity contribution is 5.87. The summed E-state index contributed by atoms with van der Waals surface area (Å²) in [5.41, 5.74) is 1.03. The Morgan fingerprint density at radius 1 is 1.44 bits per heavy atom. The number of hydrogen-bond donors (Lipinski definition) is 2. The Bertz CT molecular complexity index is 746. The normalized spacial score (nSPS) is 19.9. The topological polar surface area (TPSA) is 99.4 Å². The van der Waals surface area contributed by atoms with E-state index >= 15 is 0 Å². The maximum absolute atomic E-state index is 12.6. The number of aliphatic hydroxyl groups is 1. The van der Waals surface area contributed by atoms with Crippen molar-refractivity contribution in [3.05, 3.63) is 30.2 Å². The van der Waals surface area contributed by atoms with Gasteiger partial charge in [-0.15, -0.1) is 0 Å². The first-order chi connectivity index (χ1) is 12.0. The molecule has 1 aliphatic heterocycles. The Morgan fingerprint density at radius 3 is 2.88 bits per heavy atom. The maximum atomic E-state index is 12.6. The predicted octanol–water partition coefficient (Wildman–Crippen LogP) is 0.516. The predicted molar refractivity (Wildman–Crippen MR) is 93.5 cm³/mol. The van der Waals surface area contributed by atoms with Crippen molar-refractivity contribution < 1.29 is 9.90 Å². The van der Waals surface area contributed by atoms with Crippen LogP contribution in [-0.4, -0.2) is 69.6 Å². The van der Waals surface area contributed by atoms with E-state index < -0.39 is 0 Å². The number of hydrogen-bond acceptors (Lipinski definition) is 6. The summed E-state index contributed by atoms with van der Waals surface area (Å²) in [5.74, 6) is 1.04. The molecular weight excluding hydrogens is 322 g/mol. The van der Waals surface area contributed by atoms with E-state index in [1.165, 1.54) is 0 Å². The molecular formula is C16H23N7O2. The second kappa shape index (κ2) is 7.06. The number of anilines is 2. The SMILES string of the molecule is CN(C)c1ccnc(NC(=O)N2C[C@@H](CO)[C@H](c3cnn(C)c3)C2)n1. The number of nitrogens with one attached hydrogen (secondary N) is 1. The van der Waals surface area contributed by atoms with Gasteiger partial charge in [-0.05, 0) is 11.6 Å². The highest BCUT2D eigenvalue weighted by Crippen LogP contribution is 2.32. The molecule has 25 heavy (non-hydrogen) atoms. The fraction of sp³-hybridized carbons (Fsp3) is 0.500. The number of nitrogens with zero attached hydrogens (tertiary/aromatic N) is 6. The van der Waals surface area contributed by atoms with Crippen LogP contribution in [0.4, 0.5) is 16.6 Å². The lowest BCUT2D eigenvalue weighted by molar-refractivity contribution is 0.206. The lowest BCUT2D eigenvalue weighted by Crippen LogP contribution is -2.34. The Morgan fingerprint density at radius 2 is 2.24 bits per heavy atom. The maximum Gasteiger partial charge on any atom is 0.324 e. The van der Waals surface area contributed by atoms with Gasteiger partial charge in [0.2, 0.25) is 5.95 Å². The quantitative estimate of drug-likeness (QED) is 0.838. The summed E-state index contributed by atoms with van der Waals surface area (Å²) in [4.78, 5) is 24.5. The van der Waals surface area contributed by atoms with Crippen LogP contribution in [0.3, 0.4) is 0 Å². The summed E-state index contributed by atoms with van der Waals surface area (Å²) >= 11 is 0. The number of carbonyl (C=O) groups excluding carboxylic acids is 1. The Kier molecular flexibility index (Phi) is 4.84. The van der Waals surface area contributed by atoms with Crippen LogP contribution in [0.5, 0.6) is 0 Å². The van der Waals surface area contributed by atoms with Crippen LogP contribution in [0.2, 0.25) is 0 Å². The molecule has 2 atom stereocenters. The second-order valence-corrected chi connectivity index (χ2v) is 6.46. The van der Waals surface area contributed by atoms with Crippen molar-refractivity contribution in [3.8, 4) is 0 Å². The zero-order valence-corrected chi connectivity index (χ0v) is 14.6. The number of aliphatic hydroxyl groups excluding tert-OH is 1. The average Bonchev–Trinajstić information content (AvgIpc) is 3.20. The van der Waals surface area contributed by atoms with Crippen LogP contribution < -0.4 is 10.2 Å². The lowest BCUT2D eigenvalue weighted by atomic mass is 9.92. The van der Waals surface area contributed by atoms with Crippen LogP contribution in [0.1, 0.15) is 11.5 Å². The summed E-state index contributed by atoms with van der Waals surface area (Å²) in [7, 11) is 5.60. The molecule has 2 aromatic rings. The van der Waals surface area contributed by atoms with Gasteiger partial charge in [0.05, 0.1) is 6.20 Å². The average molecular weight is 345 g/mol. The standard InChI is InChI=1S/C16H23N7O2/c1-21(2)14-4-5-17-15(19-14)20-16(25)23-8-12(10-24)13(9-23)11-6-18-22(3)7-11/h4-7,12-13,24H,8-10H2,1-3H3,(H,17,19,20,25)/t12-,13-/m0/s1. The molecule has 0 aliphatic carbocycles. The molecule has 1 fully saturated rings. The van der Waals surface area contributed by atoms with Crippen LogP contribution >= 0.6 is 0 Å². The number of amides is 2. The Labute approximate surface area is 146 Å². The molecule has 9 heteroatoms. The molecule has 2 amide bonds. The highest BCUT2D eigenvalue weighted by atomic mass is 16.3. The van der Waals surface area contributed by atoms with Crippen LogP contribution in [0, 0.1) is 5.92 Å². The van der Waals surface area contributed by atoms with E-state index in [-0.39, 0.29) is 30.4 Å². The number of rotatable bonds is 4. The van der Waals surface area contributed by atoms with Gasteiger partial charge in [-0.25, -0.2) is 9.78 Å². The van der Waals surface area contributed by atoms with E-state index in [0.717, 1.165) is 5.56 Å². The van der Waals surface area contributed by atoms with Crippen LogP contribution in [-0.2, 0) is 7.05 Å². The number of carbonyl (C=O) groups is 1. The van der Waals surface area contributed by atoms with E-state index in [9.17, 15) is 9.90 Å². The van der Waals surface area contributed by atoms with Gasteiger partial charge in [-0.3, -0.25) is 10.00 Å². The molecule has 0 radical (unpaired) electrons. The van der Waals surface area contributed by atoms with Gasteiger partial charge in [0.1, 0.15) is 5.82 Å². The lowest BCUT2D eigenvalue weighted by Gasteiger charge is -2.17. The van der Waals surface area contributed by atoms with Crippen molar-refractivity contribution >= 4 is 17.8 Å². The molecule has 2 aromatic heterocycles. The van der Waals surface area contributed by atoms with Crippen molar-refractivity contribution in [2.24, 2.45) is 13.0 Å². The Balaban J connectivity index is 1.69. The van der Waals surface area contributed by atoms with Crippen molar-refractivity contribution in [1.82, 2.24) is 24.6 Å². The van der Waals surface area contributed by atoms with Gasteiger partial charge in [0, 0.05) is 65.1 Å². The molecule has 3 rings (SSSR count). The summed E-state index contributed by atoms with van der Waals surface area (Å²) in [6.07, 6.45) is 5.33. The molecule has 2 N–H and O–H groups in total. The minimum absolute atomic E-state index is 0.0102. The van der Waals surface area contributed by atoms with Gasteiger partial charge in [0.15, 0.2) is 0 Å². The van der Waals surface area contributed by atoms with Gasteiger partial charge >= 0.3 is 6.03 Å². The monoisotopic (exact) mass is 345 g/mol.